The molecule has 0 aromatic heterocycles. The van der Waals surface area contributed by atoms with Crippen LogP contribution in [0.4, 0.5) is 28.0 Å². The van der Waals surface area contributed by atoms with Crippen LogP contribution in [-0.2, 0) is 50.1 Å². The van der Waals surface area contributed by atoms with Crippen molar-refractivity contribution in [2.45, 2.75) is 151 Å². The van der Waals surface area contributed by atoms with Crippen molar-refractivity contribution < 1.29 is 57.0 Å². The van der Waals surface area contributed by atoms with Crippen molar-refractivity contribution in [3.63, 3.8) is 0 Å². The van der Waals surface area contributed by atoms with E-state index in [9.17, 15) is 52.2 Å². The van der Waals surface area contributed by atoms with E-state index in [1.54, 1.807) is 52.0 Å². The Morgan fingerprint density at radius 2 is 0.959 bits per heavy atom. The summed E-state index contributed by atoms with van der Waals surface area (Å²) in [7, 11) is 0. The van der Waals surface area contributed by atoms with Gasteiger partial charge in [0.2, 0.25) is 11.8 Å². The van der Waals surface area contributed by atoms with E-state index in [0.29, 0.717) is 16.7 Å². The van der Waals surface area contributed by atoms with Crippen molar-refractivity contribution in [1.82, 2.24) is 51.5 Å². The molecule has 74 heavy (non-hydrogen) atoms. The fraction of sp³-hybridized carbons (Fsp3) is 0.615. The predicted octanol–water partition coefficient (Wildman–Crippen LogP) is 5.03. The highest BCUT2D eigenvalue weighted by Crippen LogP contribution is 2.30. The number of rotatable bonds is 9. The van der Waals surface area contributed by atoms with Crippen LogP contribution < -0.4 is 31.9 Å². The number of hydrogen-bond acceptors (Lipinski definition) is 9. The number of benzene rings is 2. The largest absolute Gasteiger partial charge is 0.481 e. The molecular formula is C52H76F2N10O10. The number of carbonyl (C=O) groups excluding carboxylic acids is 7. The normalized spacial score (nSPS) is 20.3. The van der Waals surface area contributed by atoms with Gasteiger partial charge >= 0.3 is 36.1 Å². The summed E-state index contributed by atoms with van der Waals surface area (Å²) < 4.78 is 33.5. The fourth-order valence-corrected chi connectivity index (χ4v) is 9.23. The number of hydrogen-bond donors (Lipinski definition) is 7. The van der Waals surface area contributed by atoms with E-state index in [1.807, 2.05) is 62.3 Å². The second kappa shape index (κ2) is 22.8. The lowest BCUT2D eigenvalue weighted by Gasteiger charge is -2.34. The minimum atomic E-state index is -1.14. The molecule has 22 heteroatoms. The van der Waals surface area contributed by atoms with Crippen LogP contribution >= 0.6 is 0 Å². The highest BCUT2D eigenvalue weighted by Gasteiger charge is 2.47. The lowest BCUT2D eigenvalue weighted by Crippen LogP contribution is -2.58. The third-order valence-corrected chi connectivity index (χ3v) is 13.0. The molecule has 2 aromatic rings. The van der Waals surface area contributed by atoms with Gasteiger partial charge in [0.25, 0.3) is 0 Å². The van der Waals surface area contributed by atoms with Crippen molar-refractivity contribution in [3.8, 4) is 0 Å². The number of fused-ring (bicyclic) bond motifs is 2. The first kappa shape index (κ1) is 58.2. The molecule has 0 unspecified atom stereocenters. The number of carbonyl (C=O) groups is 8. The zero-order valence-electron chi connectivity index (χ0n) is 45.0. The number of nitrogens with zero attached hydrogens (tertiary/aromatic N) is 4. The predicted molar refractivity (Wildman–Crippen MR) is 270 cm³/mol. The van der Waals surface area contributed by atoms with Gasteiger partial charge in [-0.25, -0.2) is 28.0 Å². The van der Waals surface area contributed by atoms with E-state index >= 15 is 0 Å². The molecule has 408 valence electrons. The Bertz CT molecular complexity index is 2460. The molecule has 4 heterocycles. The molecule has 4 aliphatic rings. The number of urea groups is 4. The lowest BCUT2D eigenvalue weighted by molar-refractivity contribution is -0.148. The zero-order chi connectivity index (χ0) is 55.4. The number of likely N-dealkylation sites (tertiary alicyclic amines) is 2. The number of halogens is 2. The van der Waals surface area contributed by atoms with E-state index in [2.05, 4.69) is 31.9 Å². The maximum Gasteiger partial charge on any atom is 0.318 e. The monoisotopic (exact) mass is 1040 g/mol. The smallest absolute Gasteiger partial charge is 0.318 e. The molecule has 2 saturated heterocycles. The minimum Gasteiger partial charge on any atom is -0.481 e. The molecule has 20 nitrogen and oxygen atoms in total. The SMILES string of the molecule is CC(C)(C)NC(=O)N[C@H](C(=O)N1C[C@H](NC(=O)N2Cc3cccc(F)c3C2)[C@@H](C(=O)O)C1)C(C)(C)C.CCOC(=O)[C@H]1CN(C(=O)[C@@H](NC(=O)NC(C)(C)C)C(C)(C)C)C[C@@H]1NC(=O)N1Cc2cccc(F)c2C1. The summed E-state index contributed by atoms with van der Waals surface area (Å²) in [4.78, 5) is 109. The van der Waals surface area contributed by atoms with Gasteiger partial charge in [-0.15, -0.1) is 0 Å². The van der Waals surface area contributed by atoms with Gasteiger partial charge in [0, 0.05) is 61.5 Å². The quantitative estimate of drug-likeness (QED) is 0.165. The van der Waals surface area contributed by atoms with Gasteiger partial charge in [0.05, 0.1) is 43.6 Å². The first-order valence-electron chi connectivity index (χ1n) is 24.9. The number of carboxylic acid groups (broad SMARTS) is 1. The molecule has 10 amide bonds. The van der Waals surface area contributed by atoms with Gasteiger partial charge < -0.3 is 61.3 Å². The average molecular weight is 1040 g/mol. The van der Waals surface area contributed by atoms with E-state index in [4.69, 9.17) is 4.74 Å². The maximum atomic E-state index is 14.2. The van der Waals surface area contributed by atoms with Gasteiger partial charge in [-0.3, -0.25) is 19.2 Å². The summed E-state index contributed by atoms with van der Waals surface area (Å²) in [5.74, 6) is -5.01. The Labute approximate surface area is 432 Å². The second-order valence-corrected chi connectivity index (χ2v) is 23.7. The molecule has 0 aliphatic carbocycles. The number of amides is 10. The van der Waals surface area contributed by atoms with Crippen molar-refractivity contribution in [2.24, 2.45) is 22.7 Å². The molecule has 6 atom stereocenters. The number of ether oxygens (including phenoxy) is 1. The highest BCUT2D eigenvalue weighted by molar-refractivity contribution is 5.90. The topological polar surface area (TPSA) is 251 Å². The van der Waals surface area contributed by atoms with Gasteiger partial charge in [-0.05, 0) is 82.6 Å². The van der Waals surface area contributed by atoms with Crippen LogP contribution in [0.15, 0.2) is 36.4 Å². The molecule has 2 aromatic carbocycles. The minimum absolute atomic E-state index is 0.0220. The summed E-state index contributed by atoms with van der Waals surface area (Å²) in [5, 5.41) is 26.5. The maximum absolute atomic E-state index is 14.2. The first-order chi connectivity index (χ1) is 34.2. The third kappa shape index (κ3) is 14.9. The molecule has 6 rings (SSSR count). The Morgan fingerprint density at radius 3 is 1.30 bits per heavy atom. The summed E-state index contributed by atoms with van der Waals surface area (Å²) in [6.45, 7) is 24.4. The number of nitrogens with one attached hydrogen (secondary N) is 6. The van der Waals surface area contributed by atoms with Crippen LogP contribution in [0.5, 0.6) is 0 Å². The molecule has 7 N–H and O–H groups in total. The van der Waals surface area contributed by atoms with Crippen molar-refractivity contribution in [3.05, 3.63) is 70.3 Å². The van der Waals surface area contributed by atoms with E-state index in [0.717, 1.165) is 5.56 Å². The molecule has 0 bridgehead atoms. The fourth-order valence-electron chi connectivity index (χ4n) is 9.23. The van der Waals surface area contributed by atoms with Crippen molar-refractivity contribution >= 4 is 47.9 Å². The summed E-state index contributed by atoms with van der Waals surface area (Å²) >= 11 is 0. The summed E-state index contributed by atoms with van der Waals surface area (Å²) in [6.07, 6.45) is 0. The molecule has 2 fully saturated rings. The number of esters is 1. The third-order valence-electron chi connectivity index (χ3n) is 13.0. The summed E-state index contributed by atoms with van der Waals surface area (Å²) in [6, 6.07) is 4.12. The van der Waals surface area contributed by atoms with Gasteiger partial charge in [-0.1, -0.05) is 65.8 Å². The van der Waals surface area contributed by atoms with E-state index in [1.165, 1.54) is 31.7 Å². The van der Waals surface area contributed by atoms with Crippen molar-refractivity contribution in [1.29, 1.82) is 0 Å². The standard InChI is InChI=1S/C27H40FN5O5.C25H36FN5O5/c1-8-38-23(35)18-14-32(22(34)21(26(2,3)4)30-24(36)31-27(5,6)7)15-20(18)29-25(37)33-12-16-10-9-11-19(28)17(16)13-33;1-24(2,3)19(28-22(35)29-25(4,5)6)20(32)30-12-16(21(33)34)18(13-30)27-23(36)31-10-14-8-7-9-17(26)15(14)11-31/h9-11,18,20-21H,8,12-15H2,1-7H3,(H,29,37)(H2,30,31,36);7-9,16,18-19H,10-13H2,1-6H3,(H,27,36)(H,33,34)(H2,28,29,35)/t18-,20-,21+;16-,18-,19+/m00/s1. The van der Waals surface area contributed by atoms with Crippen LogP contribution in [-0.4, -0.2) is 141 Å². The van der Waals surface area contributed by atoms with Crippen molar-refractivity contribution in [2.75, 3.05) is 32.8 Å². The average Bonchev–Trinajstić information content (AvgIpc) is 4.08. The zero-order valence-corrected chi connectivity index (χ0v) is 45.0. The molecular weight excluding hydrogens is 963 g/mol. The molecule has 0 spiro atoms. The Hall–Kier alpha value is -6.74. The Kier molecular flexibility index (Phi) is 17.9. The number of carboxylic acids is 1. The Balaban J connectivity index is 0.000000274. The van der Waals surface area contributed by atoms with Gasteiger partial charge in [0.1, 0.15) is 23.7 Å². The van der Waals surface area contributed by atoms with E-state index in [-0.39, 0.29) is 76.5 Å². The Morgan fingerprint density at radius 1 is 0.581 bits per heavy atom. The van der Waals surface area contributed by atoms with Crippen LogP contribution in [0.25, 0.3) is 0 Å². The van der Waals surface area contributed by atoms with Crippen LogP contribution in [0.1, 0.15) is 112 Å². The van der Waals surface area contributed by atoms with Crippen LogP contribution in [0, 0.1) is 34.3 Å². The van der Waals surface area contributed by atoms with Crippen LogP contribution in [0.2, 0.25) is 0 Å². The molecule has 0 radical (unpaired) electrons. The van der Waals surface area contributed by atoms with Crippen LogP contribution in [0.3, 0.4) is 0 Å². The van der Waals surface area contributed by atoms with Gasteiger partial charge in [0.15, 0.2) is 0 Å². The highest BCUT2D eigenvalue weighted by atomic mass is 19.1. The molecule has 0 saturated carbocycles. The van der Waals surface area contributed by atoms with E-state index < -0.39 is 99.9 Å². The molecule has 4 aliphatic heterocycles. The summed E-state index contributed by atoms with van der Waals surface area (Å²) in [5.41, 5.74) is 0.0695. The number of aliphatic carboxylic acids is 1. The van der Waals surface area contributed by atoms with Gasteiger partial charge in [-0.2, -0.15) is 0 Å². The second-order valence-electron chi connectivity index (χ2n) is 23.7. The first-order valence-corrected chi connectivity index (χ1v) is 24.9. The lowest BCUT2D eigenvalue weighted by atomic mass is 9.86.